The van der Waals surface area contributed by atoms with Gasteiger partial charge < -0.3 is 15.4 Å². The van der Waals surface area contributed by atoms with Gasteiger partial charge in [0, 0.05) is 31.5 Å². The van der Waals surface area contributed by atoms with Gasteiger partial charge in [0.25, 0.3) is 0 Å². The normalized spacial score (nSPS) is 12.7. The van der Waals surface area contributed by atoms with E-state index in [2.05, 4.69) is 4.98 Å². The van der Waals surface area contributed by atoms with Gasteiger partial charge in [0.2, 0.25) is 0 Å². The Morgan fingerprint density at radius 3 is 2.81 bits per heavy atom. The van der Waals surface area contributed by atoms with E-state index < -0.39 is 6.10 Å². The molecule has 3 N–H and O–H groups in total. The first-order chi connectivity index (χ1) is 7.74. The first kappa shape index (κ1) is 10.9. The van der Waals surface area contributed by atoms with Gasteiger partial charge in [0.05, 0.1) is 6.10 Å². The number of nitrogens with two attached hydrogens (primary N) is 1. The fourth-order valence-corrected chi connectivity index (χ4v) is 1.74. The second-order valence-electron chi connectivity index (χ2n) is 3.70. The Hall–Kier alpha value is -1.65. The summed E-state index contributed by atoms with van der Waals surface area (Å²) >= 11 is 0. The monoisotopic (exact) mass is 217 g/mol. The SMILES string of the molecule is Cn1ccnc1-c1ccccc1C(O)CN. The minimum absolute atomic E-state index is 0.210. The Morgan fingerprint density at radius 1 is 1.44 bits per heavy atom. The van der Waals surface area contributed by atoms with Gasteiger partial charge in [-0.25, -0.2) is 4.98 Å². The van der Waals surface area contributed by atoms with E-state index in [9.17, 15) is 5.11 Å². The predicted octanol–water partition coefficient (Wildman–Crippen LogP) is 1.08. The van der Waals surface area contributed by atoms with Crippen molar-refractivity contribution in [2.24, 2.45) is 12.8 Å². The largest absolute Gasteiger partial charge is 0.387 e. The van der Waals surface area contributed by atoms with Crippen molar-refractivity contribution >= 4 is 0 Å². The van der Waals surface area contributed by atoms with Crippen LogP contribution in [0.15, 0.2) is 36.7 Å². The quantitative estimate of drug-likeness (QED) is 0.808. The van der Waals surface area contributed by atoms with Crippen LogP contribution >= 0.6 is 0 Å². The van der Waals surface area contributed by atoms with Crippen molar-refractivity contribution in [1.82, 2.24) is 9.55 Å². The van der Waals surface area contributed by atoms with Crippen LogP contribution in [-0.4, -0.2) is 21.2 Å². The molecule has 16 heavy (non-hydrogen) atoms. The number of imidazole rings is 1. The fourth-order valence-electron chi connectivity index (χ4n) is 1.74. The van der Waals surface area contributed by atoms with Crippen LogP contribution < -0.4 is 5.73 Å². The van der Waals surface area contributed by atoms with E-state index in [-0.39, 0.29) is 6.54 Å². The van der Waals surface area contributed by atoms with Gasteiger partial charge in [-0.05, 0) is 5.56 Å². The van der Waals surface area contributed by atoms with Gasteiger partial charge >= 0.3 is 0 Å². The Morgan fingerprint density at radius 2 is 2.19 bits per heavy atom. The van der Waals surface area contributed by atoms with E-state index in [0.29, 0.717) is 0 Å². The highest BCUT2D eigenvalue weighted by Crippen LogP contribution is 2.26. The number of hydrogen-bond acceptors (Lipinski definition) is 3. The van der Waals surface area contributed by atoms with Crippen LogP contribution in [-0.2, 0) is 7.05 Å². The Bertz CT molecular complexity index is 479. The molecular formula is C12H15N3O. The molecule has 1 aromatic carbocycles. The van der Waals surface area contributed by atoms with Crippen LogP contribution in [0.5, 0.6) is 0 Å². The molecule has 2 aromatic rings. The van der Waals surface area contributed by atoms with Gasteiger partial charge in [0.1, 0.15) is 5.82 Å². The highest BCUT2D eigenvalue weighted by Gasteiger charge is 2.13. The van der Waals surface area contributed by atoms with Crippen molar-refractivity contribution in [3.8, 4) is 11.4 Å². The standard InChI is InChI=1S/C12H15N3O/c1-15-7-6-14-12(15)10-5-3-2-4-9(10)11(16)8-13/h2-7,11,16H,8,13H2,1H3. The molecule has 84 valence electrons. The Kier molecular flexibility index (Phi) is 3.03. The third kappa shape index (κ3) is 1.85. The summed E-state index contributed by atoms with van der Waals surface area (Å²) in [6, 6.07) is 7.63. The van der Waals surface area contributed by atoms with Gasteiger partial charge in [-0.3, -0.25) is 0 Å². The van der Waals surface area contributed by atoms with E-state index in [0.717, 1.165) is 17.0 Å². The second kappa shape index (κ2) is 4.47. The molecule has 1 heterocycles. The maximum absolute atomic E-state index is 9.84. The summed E-state index contributed by atoms with van der Waals surface area (Å²) in [7, 11) is 1.92. The van der Waals surface area contributed by atoms with Crippen molar-refractivity contribution < 1.29 is 5.11 Å². The van der Waals surface area contributed by atoms with Crippen molar-refractivity contribution in [3.05, 3.63) is 42.2 Å². The third-order valence-electron chi connectivity index (χ3n) is 2.61. The van der Waals surface area contributed by atoms with Crippen LogP contribution in [0.3, 0.4) is 0 Å². The molecule has 0 aliphatic heterocycles. The second-order valence-corrected chi connectivity index (χ2v) is 3.70. The zero-order valence-corrected chi connectivity index (χ0v) is 9.17. The number of hydrogen-bond donors (Lipinski definition) is 2. The fraction of sp³-hybridized carbons (Fsp3) is 0.250. The summed E-state index contributed by atoms with van der Waals surface area (Å²) in [4.78, 5) is 4.27. The maximum atomic E-state index is 9.84. The van der Waals surface area contributed by atoms with E-state index in [1.165, 1.54) is 0 Å². The van der Waals surface area contributed by atoms with Gasteiger partial charge in [-0.2, -0.15) is 0 Å². The molecule has 1 atom stereocenters. The summed E-state index contributed by atoms with van der Waals surface area (Å²) in [5, 5.41) is 9.84. The third-order valence-corrected chi connectivity index (χ3v) is 2.61. The Labute approximate surface area is 94.4 Å². The van der Waals surface area contributed by atoms with Gasteiger partial charge in [-0.15, -0.1) is 0 Å². The molecule has 0 saturated carbocycles. The number of nitrogens with zero attached hydrogens (tertiary/aromatic N) is 2. The molecular weight excluding hydrogens is 202 g/mol. The van der Waals surface area contributed by atoms with Gasteiger partial charge in [-0.1, -0.05) is 24.3 Å². The molecule has 0 aliphatic carbocycles. The molecule has 0 aliphatic rings. The minimum atomic E-state index is -0.645. The summed E-state index contributed by atoms with van der Waals surface area (Å²) in [6.45, 7) is 0.210. The Balaban J connectivity index is 2.53. The maximum Gasteiger partial charge on any atom is 0.139 e. The minimum Gasteiger partial charge on any atom is -0.387 e. The van der Waals surface area contributed by atoms with E-state index in [1.807, 2.05) is 42.1 Å². The van der Waals surface area contributed by atoms with Crippen LogP contribution in [0.1, 0.15) is 11.7 Å². The van der Waals surface area contributed by atoms with Crippen molar-refractivity contribution in [2.75, 3.05) is 6.54 Å². The van der Waals surface area contributed by atoms with Crippen LogP contribution in [0, 0.1) is 0 Å². The lowest BCUT2D eigenvalue weighted by atomic mass is 10.0. The molecule has 1 unspecified atom stereocenters. The average Bonchev–Trinajstić information content (AvgIpc) is 2.74. The summed E-state index contributed by atoms with van der Waals surface area (Å²) in [5.41, 5.74) is 7.23. The predicted molar refractivity (Wildman–Crippen MR) is 62.7 cm³/mol. The zero-order valence-electron chi connectivity index (χ0n) is 9.17. The van der Waals surface area contributed by atoms with Crippen molar-refractivity contribution in [2.45, 2.75) is 6.10 Å². The number of aliphatic hydroxyl groups excluding tert-OH is 1. The topological polar surface area (TPSA) is 64.1 Å². The molecule has 0 bridgehead atoms. The molecule has 4 heteroatoms. The molecule has 0 spiro atoms. The van der Waals surface area contributed by atoms with Crippen molar-refractivity contribution in [1.29, 1.82) is 0 Å². The molecule has 4 nitrogen and oxygen atoms in total. The number of rotatable bonds is 3. The summed E-state index contributed by atoms with van der Waals surface area (Å²) in [6.07, 6.45) is 2.97. The van der Waals surface area contributed by atoms with Crippen LogP contribution in [0.4, 0.5) is 0 Å². The van der Waals surface area contributed by atoms with Crippen LogP contribution in [0.25, 0.3) is 11.4 Å². The number of aromatic nitrogens is 2. The number of aryl methyl sites for hydroxylation is 1. The zero-order chi connectivity index (χ0) is 11.5. The lowest BCUT2D eigenvalue weighted by molar-refractivity contribution is 0.187. The average molecular weight is 217 g/mol. The highest BCUT2D eigenvalue weighted by molar-refractivity contribution is 5.61. The lowest BCUT2D eigenvalue weighted by Crippen LogP contribution is -2.13. The lowest BCUT2D eigenvalue weighted by Gasteiger charge is -2.13. The van der Waals surface area contributed by atoms with Crippen molar-refractivity contribution in [3.63, 3.8) is 0 Å². The molecule has 0 fully saturated rings. The number of aliphatic hydroxyl groups is 1. The molecule has 0 saturated heterocycles. The van der Waals surface area contributed by atoms with Crippen LogP contribution in [0.2, 0.25) is 0 Å². The molecule has 0 radical (unpaired) electrons. The molecule has 1 aromatic heterocycles. The van der Waals surface area contributed by atoms with E-state index >= 15 is 0 Å². The first-order valence-electron chi connectivity index (χ1n) is 5.18. The summed E-state index contributed by atoms with van der Waals surface area (Å²) in [5.74, 6) is 0.836. The first-order valence-corrected chi connectivity index (χ1v) is 5.18. The van der Waals surface area contributed by atoms with Gasteiger partial charge in [0.15, 0.2) is 0 Å². The van der Waals surface area contributed by atoms with E-state index in [4.69, 9.17) is 5.73 Å². The number of benzene rings is 1. The van der Waals surface area contributed by atoms with E-state index in [1.54, 1.807) is 6.20 Å². The molecule has 2 rings (SSSR count). The summed E-state index contributed by atoms with van der Waals surface area (Å²) < 4.78 is 1.92. The molecule has 0 amide bonds. The highest BCUT2D eigenvalue weighted by atomic mass is 16.3. The smallest absolute Gasteiger partial charge is 0.139 e.